The van der Waals surface area contributed by atoms with E-state index in [9.17, 15) is 9.59 Å². The fourth-order valence-electron chi connectivity index (χ4n) is 5.38. The Hall–Kier alpha value is -2.71. The molecule has 1 aromatic heterocycles. The lowest BCUT2D eigenvalue weighted by atomic mass is 9.89. The fourth-order valence-corrected chi connectivity index (χ4v) is 5.66. The number of carbonyl (C=O) groups is 2. The zero-order valence-corrected chi connectivity index (χ0v) is 23.1. The lowest BCUT2D eigenvalue weighted by Gasteiger charge is -2.22. The largest absolute Gasteiger partial charge is 0.469 e. The predicted molar refractivity (Wildman–Crippen MR) is 149 cm³/mol. The highest BCUT2D eigenvalue weighted by Gasteiger charge is 2.19. The molecule has 8 nitrogen and oxygen atoms in total. The van der Waals surface area contributed by atoms with Gasteiger partial charge in [0.15, 0.2) is 0 Å². The van der Waals surface area contributed by atoms with Crippen LogP contribution in [0.15, 0.2) is 24.3 Å². The fraction of sp³-hybridized carbons (Fsp3) is 0.586. The first-order chi connectivity index (χ1) is 18.5. The number of benzene rings is 1. The van der Waals surface area contributed by atoms with Gasteiger partial charge in [0.25, 0.3) is 0 Å². The van der Waals surface area contributed by atoms with E-state index in [1.54, 1.807) is 0 Å². The maximum Gasteiger partial charge on any atom is 0.310 e. The van der Waals surface area contributed by atoms with E-state index in [0.29, 0.717) is 30.0 Å². The van der Waals surface area contributed by atoms with Crippen LogP contribution < -0.4 is 16.0 Å². The Morgan fingerprint density at radius 1 is 1.00 bits per heavy atom. The molecular weight excluding hydrogens is 502 g/mol. The maximum atomic E-state index is 12.3. The number of hydrogen-bond acceptors (Lipinski definition) is 7. The average Bonchev–Trinajstić information content (AvgIpc) is 3.43. The third kappa shape index (κ3) is 8.67. The number of carbonyl (C=O) groups excluding carboxylic acids is 2. The Kier molecular flexibility index (Phi) is 10.8. The first-order valence-corrected chi connectivity index (χ1v) is 14.3. The molecule has 2 aliphatic rings. The normalized spacial score (nSPS) is 16.4. The molecule has 9 heteroatoms. The molecule has 2 aliphatic carbocycles. The molecule has 2 saturated carbocycles. The third-order valence-electron chi connectivity index (χ3n) is 7.57. The molecule has 2 fully saturated rings. The Morgan fingerprint density at radius 2 is 1.71 bits per heavy atom. The van der Waals surface area contributed by atoms with Gasteiger partial charge >= 0.3 is 5.97 Å². The highest BCUT2D eigenvalue weighted by atomic mass is 35.5. The van der Waals surface area contributed by atoms with Crippen molar-refractivity contribution in [3.63, 3.8) is 0 Å². The summed E-state index contributed by atoms with van der Waals surface area (Å²) in [6, 6.07) is 8.61. The summed E-state index contributed by atoms with van der Waals surface area (Å²) >= 11 is 6.52. The molecule has 206 valence electrons. The van der Waals surface area contributed by atoms with E-state index in [0.717, 1.165) is 49.4 Å². The second-order valence-electron chi connectivity index (χ2n) is 10.5. The van der Waals surface area contributed by atoms with Crippen LogP contribution in [0.1, 0.15) is 80.4 Å². The SMILES string of the molecule is COC(=O)Cc1c(Cl)nc(Cc2ccc(NCC3CCCCC3)cc2)nc1CNCC(=O)NC1CCCC1. The highest BCUT2D eigenvalue weighted by Crippen LogP contribution is 2.25. The molecule has 0 saturated heterocycles. The van der Waals surface area contributed by atoms with Gasteiger partial charge in [-0.15, -0.1) is 0 Å². The lowest BCUT2D eigenvalue weighted by molar-refractivity contribution is -0.139. The molecule has 4 rings (SSSR count). The van der Waals surface area contributed by atoms with Gasteiger partial charge in [0.2, 0.25) is 5.91 Å². The minimum absolute atomic E-state index is 0.0255. The van der Waals surface area contributed by atoms with Crippen LogP contribution in [0.4, 0.5) is 5.69 Å². The molecule has 0 atom stereocenters. The van der Waals surface area contributed by atoms with Crippen LogP contribution in [-0.4, -0.2) is 48.1 Å². The summed E-state index contributed by atoms with van der Waals surface area (Å²) in [6.07, 6.45) is 11.6. The lowest BCUT2D eigenvalue weighted by Crippen LogP contribution is -2.39. The Balaban J connectivity index is 1.37. The number of aromatic nitrogens is 2. The zero-order chi connectivity index (χ0) is 26.7. The van der Waals surface area contributed by atoms with E-state index in [4.69, 9.17) is 21.3 Å². The van der Waals surface area contributed by atoms with E-state index < -0.39 is 5.97 Å². The van der Waals surface area contributed by atoms with Gasteiger partial charge in [-0.3, -0.25) is 9.59 Å². The van der Waals surface area contributed by atoms with Crippen molar-refractivity contribution in [2.45, 2.75) is 83.2 Å². The van der Waals surface area contributed by atoms with Gasteiger partial charge in [-0.05, 0) is 49.3 Å². The number of amides is 1. The summed E-state index contributed by atoms with van der Waals surface area (Å²) in [5, 5.41) is 10.0. The number of esters is 1. The van der Waals surface area contributed by atoms with Crippen molar-refractivity contribution >= 4 is 29.2 Å². The zero-order valence-electron chi connectivity index (χ0n) is 22.4. The van der Waals surface area contributed by atoms with Crippen molar-refractivity contribution in [2.75, 3.05) is 25.5 Å². The number of hydrogen-bond donors (Lipinski definition) is 3. The second kappa shape index (κ2) is 14.4. The predicted octanol–water partition coefficient (Wildman–Crippen LogP) is 4.58. The van der Waals surface area contributed by atoms with E-state index in [1.165, 1.54) is 39.2 Å². The summed E-state index contributed by atoms with van der Waals surface area (Å²) in [6.45, 7) is 1.48. The van der Waals surface area contributed by atoms with Gasteiger partial charge in [0, 0.05) is 36.8 Å². The number of ether oxygens (including phenoxy) is 1. The van der Waals surface area contributed by atoms with E-state index in [-0.39, 0.29) is 30.1 Å². The molecule has 0 radical (unpaired) electrons. The minimum Gasteiger partial charge on any atom is -0.469 e. The van der Waals surface area contributed by atoms with Crippen LogP contribution in [0.2, 0.25) is 5.15 Å². The molecule has 3 N–H and O–H groups in total. The maximum absolute atomic E-state index is 12.3. The molecule has 2 aromatic rings. The van der Waals surface area contributed by atoms with E-state index in [2.05, 4.69) is 45.2 Å². The second-order valence-corrected chi connectivity index (χ2v) is 10.9. The highest BCUT2D eigenvalue weighted by molar-refractivity contribution is 6.30. The average molecular weight is 542 g/mol. The summed E-state index contributed by atoms with van der Waals surface area (Å²) in [5.74, 6) is 0.880. The first kappa shape index (κ1) is 28.3. The van der Waals surface area contributed by atoms with Crippen LogP contribution in [0.3, 0.4) is 0 Å². The minimum atomic E-state index is -0.417. The molecular formula is C29H40ClN5O3. The molecule has 1 amide bonds. The van der Waals surface area contributed by atoms with Crippen molar-refractivity contribution in [3.8, 4) is 0 Å². The number of anilines is 1. The van der Waals surface area contributed by atoms with E-state index in [1.807, 2.05) is 0 Å². The molecule has 1 aromatic carbocycles. The van der Waals surface area contributed by atoms with Gasteiger partial charge in [-0.25, -0.2) is 9.97 Å². The molecule has 0 bridgehead atoms. The van der Waals surface area contributed by atoms with Crippen molar-refractivity contribution in [3.05, 3.63) is 52.1 Å². The van der Waals surface area contributed by atoms with Crippen LogP contribution >= 0.6 is 11.6 Å². The van der Waals surface area contributed by atoms with E-state index >= 15 is 0 Å². The standard InChI is InChI=1S/C29H40ClN5O3/c1-38-28(37)16-24-25(18-31-19-27(36)33-23-9-5-6-10-23)34-26(35-29(24)30)15-20-11-13-22(14-12-20)32-17-21-7-3-2-4-8-21/h11-14,21,23,31-32H,2-10,15-19H2,1H3,(H,33,36). The summed E-state index contributed by atoms with van der Waals surface area (Å²) < 4.78 is 4.83. The van der Waals surface area contributed by atoms with Gasteiger partial charge < -0.3 is 20.7 Å². The number of methoxy groups -OCH3 is 1. The molecule has 0 unspecified atom stereocenters. The van der Waals surface area contributed by atoms with Crippen LogP contribution in [0, 0.1) is 5.92 Å². The van der Waals surface area contributed by atoms with Crippen LogP contribution in [0.25, 0.3) is 0 Å². The Bertz CT molecular complexity index is 1070. The molecule has 38 heavy (non-hydrogen) atoms. The number of nitrogens with one attached hydrogen (secondary N) is 3. The number of rotatable bonds is 12. The first-order valence-electron chi connectivity index (χ1n) is 13.9. The Morgan fingerprint density at radius 3 is 2.42 bits per heavy atom. The topological polar surface area (TPSA) is 105 Å². The van der Waals surface area contributed by atoms with Gasteiger partial charge in [0.1, 0.15) is 11.0 Å². The number of nitrogens with zero attached hydrogens (tertiary/aromatic N) is 2. The smallest absolute Gasteiger partial charge is 0.310 e. The van der Waals surface area contributed by atoms with Crippen molar-refractivity contribution in [2.24, 2.45) is 5.92 Å². The molecule has 0 aliphatic heterocycles. The quantitative estimate of drug-likeness (QED) is 0.267. The summed E-state index contributed by atoms with van der Waals surface area (Å²) in [4.78, 5) is 33.5. The summed E-state index contributed by atoms with van der Waals surface area (Å²) in [5.41, 5.74) is 3.31. The summed E-state index contributed by atoms with van der Waals surface area (Å²) in [7, 11) is 1.34. The Labute approximate surface area is 230 Å². The van der Waals surface area contributed by atoms with Crippen molar-refractivity contribution in [1.82, 2.24) is 20.6 Å². The van der Waals surface area contributed by atoms with Crippen LogP contribution in [0.5, 0.6) is 0 Å². The third-order valence-corrected chi connectivity index (χ3v) is 7.88. The van der Waals surface area contributed by atoms with Gasteiger partial charge in [0.05, 0.1) is 25.8 Å². The van der Waals surface area contributed by atoms with Crippen molar-refractivity contribution < 1.29 is 14.3 Å². The monoisotopic (exact) mass is 541 g/mol. The van der Waals surface area contributed by atoms with Crippen LogP contribution in [-0.2, 0) is 33.7 Å². The van der Waals surface area contributed by atoms with Gasteiger partial charge in [-0.1, -0.05) is 55.8 Å². The molecule has 1 heterocycles. The van der Waals surface area contributed by atoms with Gasteiger partial charge in [-0.2, -0.15) is 0 Å². The molecule has 0 spiro atoms. The van der Waals surface area contributed by atoms with Crippen molar-refractivity contribution in [1.29, 1.82) is 0 Å². The number of halogens is 1.